The summed E-state index contributed by atoms with van der Waals surface area (Å²) in [7, 11) is 6.74. The zero-order valence-electron chi connectivity index (χ0n) is 8.02. The molecule has 0 aromatic heterocycles. The van der Waals surface area contributed by atoms with Crippen LogP contribution in [0, 0.1) is 11.8 Å². The van der Waals surface area contributed by atoms with E-state index in [9.17, 15) is 0 Å². The van der Waals surface area contributed by atoms with Crippen molar-refractivity contribution in [2.24, 2.45) is 11.8 Å². The summed E-state index contributed by atoms with van der Waals surface area (Å²) in [4.78, 5) is 4.13. The molecule has 2 unspecified atom stereocenters. The van der Waals surface area contributed by atoms with E-state index in [1.807, 2.05) is 0 Å². The van der Waals surface area contributed by atoms with Gasteiger partial charge in [-0.1, -0.05) is 0 Å². The maximum Gasteiger partial charge on any atom is 0.0821 e. The summed E-state index contributed by atoms with van der Waals surface area (Å²) in [6.45, 7) is 5.19. The minimum atomic E-state index is 0.555. The summed E-state index contributed by atoms with van der Waals surface area (Å²) in [5, 5.41) is 0. The predicted octanol–water partition coefficient (Wildman–Crippen LogP) is -0.919. The number of quaternary nitrogens is 1. The van der Waals surface area contributed by atoms with Crippen molar-refractivity contribution in [3.05, 3.63) is 0 Å². The van der Waals surface area contributed by atoms with Crippen LogP contribution in [0.4, 0.5) is 0 Å². The molecular formula is C9H19N2+. The molecule has 1 saturated heterocycles. The Morgan fingerprint density at radius 2 is 1.73 bits per heavy atom. The molecule has 11 heavy (non-hydrogen) atoms. The van der Waals surface area contributed by atoms with Crippen LogP contribution in [0.15, 0.2) is 0 Å². The lowest BCUT2D eigenvalue weighted by molar-refractivity contribution is -0.873. The van der Waals surface area contributed by atoms with E-state index < -0.39 is 0 Å². The molecule has 2 rings (SSSR count). The van der Waals surface area contributed by atoms with Gasteiger partial charge in [0.15, 0.2) is 0 Å². The van der Waals surface area contributed by atoms with Crippen LogP contribution in [0.25, 0.3) is 0 Å². The average molecular weight is 155 g/mol. The van der Waals surface area contributed by atoms with Crippen LogP contribution < -0.4 is 4.90 Å². The summed E-state index contributed by atoms with van der Waals surface area (Å²) in [6, 6.07) is 0. The molecule has 0 bridgehead atoms. The van der Waals surface area contributed by atoms with Gasteiger partial charge >= 0.3 is 0 Å². The molecule has 0 spiro atoms. The fraction of sp³-hybridized carbons (Fsp3) is 1.00. The lowest BCUT2D eigenvalue weighted by Gasteiger charge is -2.25. The fourth-order valence-electron chi connectivity index (χ4n) is 2.88. The summed E-state index contributed by atoms with van der Waals surface area (Å²) < 4.78 is 0. The third kappa shape index (κ3) is 0.798. The van der Waals surface area contributed by atoms with E-state index in [2.05, 4.69) is 33.0 Å². The molecule has 2 nitrogen and oxygen atoms in total. The van der Waals surface area contributed by atoms with Crippen LogP contribution in [-0.2, 0) is 0 Å². The maximum atomic E-state index is 2.41. The third-order valence-corrected chi connectivity index (χ3v) is 3.98. The molecule has 1 saturated carbocycles. The molecule has 0 aromatic carbocycles. The number of nitrogens with one attached hydrogen (secondary N) is 1. The second-order valence-corrected chi connectivity index (χ2v) is 4.70. The number of likely N-dealkylation sites (tertiary alicyclic amines) is 1. The second kappa shape index (κ2) is 1.99. The Hall–Kier alpha value is -0.0800. The molecule has 2 aliphatic rings. The molecule has 2 heteroatoms. The van der Waals surface area contributed by atoms with Crippen LogP contribution >= 0.6 is 0 Å². The molecule has 0 radical (unpaired) electrons. The van der Waals surface area contributed by atoms with E-state index in [-0.39, 0.29) is 0 Å². The van der Waals surface area contributed by atoms with E-state index in [0.29, 0.717) is 5.54 Å². The zero-order valence-corrected chi connectivity index (χ0v) is 8.02. The monoisotopic (exact) mass is 155 g/mol. The number of nitrogens with zero attached hydrogens (tertiary/aromatic N) is 1. The largest absolute Gasteiger partial charge is 0.337 e. The molecule has 0 aromatic rings. The van der Waals surface area contributed by atoms with Gasteiger partial charge in [0.25, 0.3) is 0 Å². The Kier molecular flexibility index (Phi) is 1.37. The van der Waals surface area contributed by atoms with Gasteiger partial charge < -0.3 is 9.80 Å². The highest BCUT2D eigenvalue weighted by Gasteiger charge is 2.68. The summed E-state index contributed by atoms with van der Waals surface area (Å²) >= 11 is 0. The highest BCUT2D eigenvalue weighted by molar-refractivity contribution is 5.16. The lowest BCUT2D eigenvalue weighted by atomic mass is 10.1. The molecule has 1 N–H and O–H groups in total. The van der Waals surface area contributed by atoms with Gasteiger partial charge in [-0.15, -0.1) is 0 Å². The Labute approximate surface area is 69.2 Å². The van der Waals surface area contributed by atoms with Gasteiger partial charge in [-0.25, -0.2) is 0 Å². The topological polar surface area (TPSA) is 7.68 Å². The van der Waals surface area contributed by atoms with E-state index in [4.69, 9.17) is 0 Å². The maximum absolute atomic E-state index is 2.41. The second-order valence-electron chi connectivity index (χ2n) is 4.70. The van der Waals surface area contributed by atoms with Crippen LogP contribution in [0.2, 0.25) is 0 Å². The van der Waals surface area contributed by atoms with Crippen LogP contribution in [0.1, 0.15) is 6.92 Å². The van der Waals surface area contributed by atoms with Gasteiger partial charge in [0.2, 0.25) is 0 Å². The van der Waals surface area contributed by atoms with Gasteiger partial charge in [-0.2, -0.15) is 0 Å². The number of piperidine rings is 1. The molecular weight excluding hydrogens is 136 g/mol. The fourth-order valence-corrected chi connectivity index (χ4v) is 2.88. The van der Waals surface area contributed by atoms with Crippen molar-refractivity contribution >= 4 is 0 Å². The van der Waals surface area contributed by atoms with Crippen LogP contribution in [0.5, 0.6) is 0 Å². The number of rotatable bonds is 1. The first-order valence-electron chi connectivity index (χ1n) is 4.55. The normalized spacial score (nSPS) is 54.8. The summed E-state index contributed by atoms with van der Waals surface area (Å²) in [6.07, 6.45) is 0. The van der Waals surface area contributed by atoms with Gasteiger partial charge in [0.1, 0.15) is 0 Å². The average Bonchev–Trinajstić information content (AvgIpc) is 2.38. The Morgan fingerprint density at radius 3 is 2.09 bits per heavy atom. The molecule has 1 heterocycles. The number of hydrogen-bond acceptors (Lipinski definition) is 1. The van der Waals surface area contributed by atoms with Crippen molar-refractivity contribution < 1.29 is 4.90 Å². The Morgan fingerprint density at radius 1 is 1.27 bits per heavy atom. The minimum absolute atomic E-state index is 0.555. The smallest absolute Gasteiger partial charge is 0.0821 e. The van der Waals surface area contributed by atoms with E-state index in [1.165, 1.54) is 13.1 Å². The number of hydrogen-bond donors (Lipinski definition) is 1. The first-order valence-corrected chi connectivity index (χ1v) is 4.55. The lowest BCUT2D eigenvalue weighted by Crippen LogP contribution is -3.08. The van der Waals surface area contributed by atoms with E-state index in [0.717, 1.165) is 11.8 Å². The first-order chi connectivity index (χ1) is 5.06. The summed E-state index contributed by atoms with van der Waals surface area (Å²) in [5.74, 6) is 1.97. The molecule has 64 valence electrons. The highest BCUT2D eigenvalue weighted by atomic mass is 15.3. The SMILES string of the molecule is CN(C)C1(C)[C@@H]2C[NH+](C)C[C@@H]21. The predicted molar refractivity (Wildman–Crippen MR) is 45.7 cm³/mol. The van der Waals surface area contributed by atoms with Gasteiger partial charge in [0.05, 0.1) is 20.1 Å². The molecule has 1 aliphatic carbocycles. The van der Waals surface area contributed by atoms with Crippen LogP contribution in [0.3, 0.4) is 0 Å². The van der Waals surface area contributed by atoms with Crippen LogP contribution in [-0.4, -0.2) is 44.7 Å². The van der Waals surface area contributed by atoms with Crippen molar-refractivity contribution in [1.29, 1.82) is 0 Å². The first kappa shape index (κ1) is 7.56. The number of fused-ring (bicyclic) bond motifs is 1. The van der Waals surface area contributed by atoms with Gasteiger partial charge in [-0.05, 0) is 21.0 Å². The molecule has 1 aliphatic heterocycles. The molecule has 4 atom stereocenters. The Bertz CT molecular complexity index is 164. The van der Waals surface area contributed by atoms with Crippen molar-refractivity contribution in [2.75, 3.05) is 34.2 Å². The van der Waals surface area contributed by atoms with E-state index in [1.54, 1.807) is 4.90 Å². The third-order valence-electron chi connectivity index (χ3n) is 3.98. The van der Waals surface area contributed by atoms with Crippen molar-refractivity contribution in [2.45, 2.75) is 12.5 Å². The quantitative estimate of drug-likeness (QED) is 0.515. The molecule has 2 fully saturated rings. The highest BCUT2D eigenvalue weighted by Crippen LogP contribution is 2.53. The zero-order chi connectivity index (χ0) is 8.22. The van der Waals surface area contributed by atoms with Crippen molar-refractivity contribution in [3.8, 4) is 0 Å². The van der Waals surface area contributed by atoms with Crippen molar-refractivity contribution in [1.82, 2.24) is 4.90 Å². The minimum Gasteiger partial charge on any atom is -0.337 e. The molecule has 0 amide bonds. The standard InChI is InChI=1S/C9H18N2/c1-9(10(2)3)7-5-11(4)6-8(7)9/h7-8H,5-6H2,1-4H3/p+1/t7-,8+,9?. The Balaban J connectivity index is 2.05. The van der Waals surface area contributed by atoms with Gasteiger partial charge in [0, 0.05) is 17.4 Å². The van der Waals surface area contributed by atoms with E-state index >= 15 is 0 Å². The van der Waals surface area contributed by atoms with Gasteiger partial charge in [-0.3, -0.25) is 0 Å². The van der Waals surface area contributed by atoms with Crippen molar-refractivity contribution in [3.63, 3.8) is 0 Å². The summed E-state index contributed by atoms with van der Waals surface area (Å²) in [5.41, 5.74) is 0.555.